The molecule has 0 aliphatic heterocycles. The van der Waals surface area contributed by atoms with Crippen molar-refractivity contribution in [3.05, 3.63) is 29.6 Å². The molecule has 0 amide bonds. The summed E-state index contributed by atoms with van der Waals surface area (Å²) in [4.78, 5) is 4.44. The molecule has 6 heteroatoms. The number of rotatable bonds is 6. The molecule has 0 spiro atoms. The Balaban J connectivity index is 3.01. The lowest BCUT2D eigenvalue weighted by atomic mass is 10.2. The quantitative estimate of drug-likeness (QED) is 0.457. The maximum atomic E-state index is 12.6. The van der Waals surface area contributed by atoms with Crippen molar-refractivity contribution in [3.8, 4) is 12.3 Å². The molecule has 0 fully saturated rings. The smallest absolute Gasteiger partial charge is 0.192 e. The largest absolute Gasteiger partial charge is 0.598 e. The molecule has 0 saturated heterocycles. The Bertz CT molecular complexity index is 598. The van der Waals surface area contributed by atoms with Crippen molar-refractivity contribution < 1.29 is 8.98 Å². The van der Waals surface area contributed by atoms with Gasteiger partial charge in [-0.1, -0.05) is 26.7 Å². The monoisotopic (exact) mass is 380 g/mol. The third-order valence-electron chi connectivity index (χ3n) is 4.53. The van der Waals surface area contributed by atoms with Crippen molar-refractivity contribution in [2.45, 2.75) is 70.5 Å². The van der Waals surface area contributed by atoms with Crippen LogP contribution in [-0.4, -0.2) is 29.2 Å². The molecule has 1 aromatic heterocycles. The van der Waals surface area contributed by atoms with Gasteiger partial charge in [-0.15, -0.1) is 11.1 Å². The Hall–Kier alpha value is -0.843. The van der Waals surface area contributed by atoms with Crippen LogP contribution in [0.5, 0.6) is 0 Å². The number of hydrogen-bond donors (Lipinski definition) is 1. The fraction of sp³-hybridized carbons (Fsp3) is 0.632. The van der Waals surface area contributed by atoms with Crippen LogP contribution in [0.2, 0.25) is 18.1 Å². The summed E-state index contributed by atoms with van der Waals surface area (Å²) in [6.45, 7) is 17.3. The molecule has 25 heavy (non-hydrogen) atoms. The number of hydrogen-bond acceptors (Lipinski definition) is 4. The van der Waals surface area contributed by atoms with E-state index in [0.717, 1.165) is 11.3 Å². The molecular formula is C19H32N2O2SSi. The molecule has 0 bridgehead atoms. The highest BCUT2D eigenvalue weighted by atomic mass is 32.2. The predicted octanol–water partition coefficient (Wildman–Crippen LogP) is 4.18. The zero-order valence-corrected chi connectivity index (χ0v) is 18.6. The highest BCUT2D eigenvalue weighted by Crippen LogP contribution is 2.37. The number of aromatic nitrogens is 1. The average molecular weight is 381 g/mol. The van der Waals surface area contributed by atoms with Crippen LogP contribution in [-0.2, 0) is 15.8 Å². The topological polar surface area (TPSA) is 57.2 Å². The van der Waals surface area contributed by atoms with Gasteiger partial charge in [0.1, 0.15) is 10.8 Å². The zero-order chi connectivity index (χ0) is 19.5. The van der Waals surface area contributed by atoms with Gasteiger partial charge in [-0.05, 0) is 51.0 Å². The summed E-state index contributed by atoms with van der Waals surface area (Å²) in [5.74, 6) is 2.57. The number of terminal acetylenes is 1. The zero-order valence-electron chi connectivity index (χ0n) is 16.8. The van der Waals surface area contributed by atoms with Crippen molar-refractivity contribution >= 4 is 19.7 Å². The van der Waals surface area contributed by atoms with Gasteiger partial charge in [-0.25, -0.2) is 0 Å². The van der Waals surface area contributed by atoms with E-state index in [2.05, 4.69) is 49.5 Å². The lowest BCUT2D eigenvalue weighted by Gasteiger charge is -2.37. The third-order valence-corrected chi connectivity index (χ3v) is 10.6. The molecule has 1 N–H and O–H groups in total. The van der Waals surface area contributed by atoms with Crippen LogP contribution < -0.4 is 4.72 Å². The van der Waals surface area contributed by atoms with Crippen molar-refractivity contribution in [1.29, 1.82) is 0 Å². The predicted molar refractivity (Wildman–Crippen MR) is 109 cm³/mol. The summed E-state index contributed by atoms with van der Waals surface area (Å²) in [7, 11) is -1.91. The first-order chi connectivity index (χ1) is 11.3. The van der Waals surface area contributed by atoms with Crippen LogP contribution in [0.4, 0.5) is 0 Å². The summed E-state index contributed by atoms with van der Waals surface area (Å²) >= 11 is -1.22. The minimum Gasteiger partial charge on any atom is -0.598 e. The molecule has 0 aromatic carbocycles. The van der Waals surface area contributed by atoms with Crippen LogP contribution in [0.15, 0.2) is 18.3 Å². The van der Waals surface area contributed by atoms with E-state index in [0.29, 0.717) is 6.61 Å². The highest BCUT2D eigenvalue weighted by molar-refractivity contribution is 7.90. The maximum Gasteiger partial charge on any atom is 0.192 e. The summed E-state index contributed by atoms with van der Waals surface area (Å²) < 4.78 is 21.8. The standard InChI is InChI=1S/C19H32N2O2SSi/c1-10-15-11-12-16(20-13-15)17(21-24(22)18(2,3)4)14-23-25(8,9)19(5,6)7/h1,11-13,17,21H,14H2,2-9H3/t17-,24?/m1/s1. The number of pyridine rings is 1. The van der Waals surface area contributed by atoms with Crippen LogP contribution in [0.3, 0.4) is 0 Å². The first-order valence-electron chi connectivity index (χ1n) is 8.52. The summed E-state index contributed by atoms with van der Waals surface area (Å²) in [5, 5.41) is 0.113. The van der Waals surface area contributed by atoms with Crippen LogP contribution in [0, 0.1) is 12.3 Å². The second-order valence-corrected chi connectivity index (χ2v) is 15.5. The molecule has 1 aromatic rings. The van der Waals surface area contributed by atoms with Crippen molar-refractivity contribution in [2.24, 2.45) is 0 Å². The van der Waals surface area contributed by atoms with Gasteiger partial charge in [0.05, 0.1) is 12.3 Å². The van der Waals surface area contributed by atoms with E-state index in [-0.39, 0.29) is 15.8 Å². The van der Waals surface area contributed by atoms with Gasteiger partial charge in [0.15, 0.2) is 8.32 Å². The second kappa shape index (κ2) is 8.23. The number of nitrogens with zero attached hydrogens (tertiary/aromatic N) is 1. The molecular weight excluding hydrogens is 348 g/mol. The van der Waals surface area contributed by atoms with E-state index >= 15 is 0 Å². The molecule has 0 saturated carbocycles. The lowest BCUT2D eigenvalue weighted by molar-refractivity contribution is 0.254. The number of nitrogens with one attached hydrogen (secondary N) is 1. The molecule has 1 heterocycles. The minimum absolute atomic E-state index is 0.113. The lowest BCUT2D eigenvalue weighted by Crippen LogP contribution is -2.46. The fourth-order valence-corrected chi connectivity index (χ4v) is 3.51. The van der Waals surface area contributed by atoms with E-state index in [9.17, 15) is 4.55 Å². The van der Waals surface area contributed by atoms with Gasteiger partial charge in [0.2, 0.25) is 0 Å². The van der Waals surface area contributed by atoms with Crippen LogP contribution in [0.25, 0.3) is 0 Å². The third kappa shape index (κ3) is 6.43. The molecule has 0 aliphatic rings. The Kier molecular flexibility index (Phi) is 7.31. The van der Waals surface area contributed by atoms with E-state index in [4.69, 9.17) is 10.8 Å². The first-order valence-corrected chi connectivity index (χ1v) is 12.6. The van der Waals surface area contributed by atoms with Gasteiger partial charge in [-0.3, -0.25) is 4.98 Å². The Morgan fingerprint density at radius 2 is 1.88 bits per heavy atom. The van der Waals surface area contributed by atoms with E-state index in [1.54, 1.807) is 6.20 Å². The Labute approximate surface area is 157 Å². The molecule has 0 aliphatic carbocycles. The minimum atomic E-state index is -1.91. The van der Waals surface area contributed by atoms with E-state index < -0.39 is 19.7 Å². The Morgan fingerprint density at radius 1 is 1.28 bits per heavy atom. The van der Waals surface area contributed by atoms with Gasteiger partial charge >= 0.3 is 0 Å². The first kappa shape index (κ1) is 22.2. The molecule has 2 atom stereocenters. The molecule has 140 valence electrons. The molecule has 1 rings (SSSR count). The van der Waals surface area contributed by atoms with E-state index in [1.165, 1.54) is 0 Å². The summed E-state index contributed by atoms with van der Waals surface area (Å²) in [6, 6.07) is 3.48. The molecule has 4 nitrogen and oxygen atoms in total. The fourth-order valence-electron chi connectivity index (χ4n) is 1.69. The normalized spacial score (nSPS) is 15.5. The highest BCUT2D eigenvalue weighted by Gasteiger charge is 2.39. The van der Waals surface area contributed by atoms with Crippen LogP contribution >= 0.6 is 0 Å². The van der Waals surface area contributed by atoms with Crippen molar-refractivity contribution in [2.75, 3.05) is 6.61 Å². The SMILES string of the molecule is C#Cc1ccc([C@@H](CO[Si](C)(C)C(C)(C)C)N[S+]([O-])C(C)(C)C)nc1. The average Bonchev–Trinajstić information content (AvgIpc) is 2.49. The van der Waals surface area contributed by atoms with Gasteiger partial charge in [-0.2, -0.15) is 0 Å². The maximum absolute atomic E-state index is 12.6. The molecule has 0 radical (unpaired) electrons. The summed E-state index contributed by atoms with van der Waals surface area (Å²) in [5.41, 5.74) is 1.51. The van der Waals surface area contributed by atoms with E-state index in [1.807, 2.05) is 32.9 Å². The van der Waals surface area contributed by atoms with Crippen molar-refractivity contribution in [1.82, 2.24) is 9.71 Å². The summed E-state index contributed by atoms with van der Waals surface area (Å²) in [6.07, 6.45) is 7.07. The van der Waals surface area contributed by atoms with Gasteiger partial charge < -0.3 is 8.98 Å². The molecule has 1 unspecified atom stereocenters. The van der Waals surface area contributed by atoms with Crippen LogP contribution in [0.1, 0.15) is 58.8 Å². The van der Waals surface area contributed by atoms with Crippen molar-refractivity contribution in [3.63, 3.8) is 0 Å². The van der Waals surface area contributed by atoms with Gasteiger partial charge in [0, 0.05) is 23.1 Å². The Morgan fingerprint density at radius 3 is 2.28 bits per heavy atom. The second-order valence-electron chi connectivity index (χ2n) is 8.74. The van der Waals surface area contributed by atoms with Gasteiger partial charge in [0.25, 0.3) is 0 Å².